The van der Waals surface area contributed by atoms with Crippen molar-refractivity contribution < 1.29 is 14.3 Å². The molecule has 1 aromatic rings. The monoisotopic (exact) mass is 344 g/mol. The van der Waals surface area contributed by atoms with Gasteiger partial charge in [-0.25, -0.2) is 4.79 Å². The van der Waals surface area contributed by atoms with Gasteiger partial charge in [0, 0.05) is 5.56 Å². The second-order valence-electron chi connectivity index (χ2n) is 5.71. The van der Waals surface area contributed by atoms with Crippen molar-refractivity contribution in [3.63, 3.8) is 0 Å². The van der Waals surface area contributed by atoms with Gasteiger partial charge in [0.05, 0.1) is 12.7 Å². The number of rotatable bonds is 7. The molecule has 0 aliphatic carbocycles. The molecule has 0 aliphatic heterocycles. The first-order chi connectivity index (χ1) is 12.0. The van der Waals surface area contributed by atoms with Gasteiger partial charge in [-0.15, -0.1) is 0 Å². The zero-order valence-electron chi connectivity index (χ0n) is 14.8. The fourth-order valence-electron chi connectivity index (χ4n) is 2.10. The van der Waals surface area contributed by atoms with E-state index in [1.54, 1.807) is 19.1 Å². The fraction of sp³-hybridized carbons (Fsp3) is 0.444. The van der Waals surface area contributed by atoms with Crippen LogP contribution in [0.5, 0.6) is 0 Å². The van der Waals surface area contributed by atoms with E-state index in [9.17, 15) is 9.59 Å². The fourth-order valence-corrected chi connectivity index (χ4v) is 2.10. The number of amides is 2. The number of carbonyl (C=O) groups excluding carboxylic acids is 2. The third-order valence-corrected chi connectivity index (χ3v) is 3.17. The van der Waals surface area contributed by atoms with Gasteiger partial charge in [0.15, 0.2) is 0 Å². The Bertz CT molecular complexity index is 635. The topological polar surface area (TPSA) is 104 Å². The molecule has 0 aromatic heterocycles. The van der Waals surface area contributed by atoms with Crippen LogP contribution in [0.3, 0.4) is 0 Å². The first kappa shape index (κ1) is 20.2. The number of nitrogens with zero attached hydrogens (tertiary/aromatic N) is 2. The van der Waals surface area contributed by atoms with Crippen LogP contribution in [0.2, 0.25) is 0 Å². The maximum atomic E-state index is 12.3. The largest absolute Gasteiger partial charge is 0.450 e. The highest BCUT2D eigenvalue weighted by Crippen LogP contribution is 2.11. The molecule has 25 heavy (non-hydrogen) atoms. The van der Waals surface area contributed by atoms with E-state index in [1.807, 2.05) is 38.1 Å². The van der Waals surface area contributed by atoms with E-state index in [1.165, 1.54) is 0 Å². The van der Waals surface area contributed by atoms with Crippen LogP contribution in [0, 0.1) is 17.2 Å². The lowest BCUT2D eigenvalue weighted by Gasteiger charge is -2.17. The number of ether oxygens (including phenoxy) is 1. The molecule has 0 fully saturated rings. The van der Waals surface area contributed by atoms with Crippen molar-refractivity contribution in [3.8, 4) is 6.07 Å². The Kier molecular flexibility index (Phi) is 8.72. The molecule has 134 valence electrons. The molecule has 1 aromatic carbocycles. The smallest absolute Gasteiger partial charge is 0.412 e. The number of carbonyl (C=O) groups is 2. The minimum atomic E-state index is -0.717. The molecule has 1 atom stereocenters. The van der Waals surface area contributed by atoms with Crippen molar-refractivity contribution in [2.24, 2.45) is 10.9 Å². The van der Waals surface area contributed by atoms with Gasteiger partial charge in [0.25, 0.3) is 0 Å². The molecule has 1 rings (SSSR count). The number of benzene rings is 1. The van der Waals surface area contributed by atoms with E-state index in [0.29, 0.717) is 12.0 Å². The summed E-state index contributed by atoms with van der Waals surface area (Å²) in [7, 11) is 0. The van der Waals surface area contributed by atoms with Crippen molar-refractivity contribution >= 4 is 17.8 Å². The number of aliphatic imine (C=N–C) groups is 1. The summed E-state index contributed by atoms with van der Waals surface area (Å²) in [5, 5.41) is 13.8. The zero-order valence-corrected chi connectivity index (χ0v) is 14.8. The Hall–Kier alpha value is -2.88. The molecule has 0 saturated heterocycles. The Balaban J connectivity index is 3.14. The Morgan fingerprint density at radius 3 is 2.52 bits per heavy atom. The van der Waals surface area contributed by atoms with Gasteiger partial charge in [0.1, 0.15) is 18.4 Å². The van der Waals surface area contributed by atoms with Crippen LogP contribution in [0.15, 0.2) is 35.3 Å². The van der Waals surface area contributed by atoms with Crippen molar-refractivity contribution in [1.82, 2.24) is 10.6 Å². The molecule has 7 nitrogen and oxygen atoms in total. The summed E-state index contributed by atoms with van der Waals surface area (Å²) in [5.74, 6) is 0.118. The van der Waals surface area contributed by atoms with Crippen LogP contribution in [0.4, 0.5) is 4.79 Å². The minimum absolute atomic E-state index is 0.0884. The molecule has 0 aliphatic rings. The predicted octanol–water partition coefficient (Wildman–Crippen LogP) is 2.23. The molecular formula is C18H24N4O3. The van der Waals surface area contributed by atoms with E-state index in [2.05, 4.69) is 15.6 Å². The summed E-state index contributed by atoms with van der Waals surface area (Å²) in [5.41, 5.74) is 0.664. The summed E-state index contributed by atoms with van der Waals surface area (Å²) in [6.07, 6.45) is -0.149. The average Bonchev–Trinajstić information content (AvgIpc) is 2.59. The lowest BCUT2D eigenvalue weighted by Crippen LogP contribution is -2.38. The molecule has 0 spiro atoms. The second kappa shape index (κ2) is 10.8. The van der Waals surface area contributed by atoms with Gasteiger partial charge in [-0.05, 0) is 19.3 Å². The molecule has 2 N–H and O–H groups in total. The standard InChI is InChI=1S/C18H24N4O3/c1-4-25-18(24)22-16(14-8-6-5-7-9-14)21-15(12-13(2)3)17(23)20-11-10-19/h5-9,13,15H,4,11-12H2,1-3H3,(H,20,23)(H,21,22,24)/t15-/m0/s1. The van der Waals surface area contributed by atoms with E-state index in [4.69, 9.17) is 10.00 Å². The maximum absolute atomic E-state index is 12.3. The third kappa shape index (κ3) is 7.48. The van der Waals surface area contributed by atoms with E-state index >= 15 is 0 Å². The average molecular weight is 344 g/mol. The molecule has 0 saturated carbocycles. The molecule has 7 heteroatoms. The van der Waals surface area contributed by atoms with E-state index in [-0.39, 0.29) is 30.8 Å². The normalized spacial score (nSPS) is 12.2. The highest BCUT2D eigenvalue weighted by atomic mass is 16.5. The second-order valence-corrected chi connectivity index (χ2v) is 5.71. The van der Waals surface area contributed by atoms with Crippen LogP contribution >= 0.6 is 0 Å². The minimum Gasteiger partial charge on any atom is -0.450 e. The van der Waals surface area contributed by atoms with Gasteiger partial charge in [-0.1, -0.05) is 44.2 Å². The summed E-state index contributed by atoms with van der Waals surface area (Å²) >= 11 is 0. The Morgan fingerprint density at radius 2 is 1.96 bits per heavy atom. The maximum Gasteiger partial charge on any atom is 0.412 e. The van der Waals surface area contributed by atoms with E-state index < -0.39 is 12.1 Å². The van der Waals surface area contributed by atoms with Crippen LogP contribution in [0.1, 0.15) is 32.8 Å². The highest BCUT2D eigenvalue weighted by molar-refractivity contribution is 6.07. The van der Waals surface area contributed by atoms with Gasteiger partial charge in [-0.2, -0.15) is 5.26 Å². The van der Waals surface area contributed by atoms with Crippen molar-refractivity contribution in [2.75, 3.05) is 13.2 Å². The lowest BCUT2D eigenvalue weighted by molar-refractivity contribution is -0.122. The van der Waals surface area contributed by atoms with Crippen LogP contribution in [-0.4, -0.2) is 37.0 Å². The van der Waals surface area contributed by atoms with Gasteiger partial charge in [0.2, 0.25) is 5.91 Å². The lowest BCUT2D eigenvalue weighted by atomic mass is 10.0. The number of amidine groups is 1. The van der Waals surface area contributed by atoms with Crippen LogP contribution in [-0.2, 0) is 9.53 Å². The van der Waals surface area contributed by atoms with E-state index in [0.717, 1.165) is 0 Å². The SMILES string of the molecule is CCOC(=O)NC(=N[C@@H](CC(C)C)C(=O)NCC#N)c1ccccc1. The number of nitriles is 1. The third-order valence-electron chi connectivity index (χ3n) is 3.17. The van der Waals surface area contributed by atoms with Gasteiger partial charge in [-0.3, -0.25) is 15.1 Å². The van der Waals surface area contributed by atoms with Crippen LogP contribution < -0.4 is 10.6 Å². The number of nitrogens with one attached hydrogen (secondary N) is 2. The number of hydrogen-bond donors (Lipinski definition) is 2. The Morgan fingerprint density at radius 1 is 1.28 bits per heavy atom. The molecule has 0 unspecified atom stereocenters. The molecule has 0 radical (unpaired) electrons. The molecular weight excluding hydrogens is 320 g/mol. The number of alkyl carbamates (subject to hydrolysis) is 1. The number of hydrogen-bond acceptors (Lipinski definition) is 5. The zero-order chi connectivity index (χ0) is 18.7. The summed E-state index contributed by atoms with van der Waals surface area (Å²) in [6, 6.07) is 10.2. The molecule has 0 heterocycles. The van der Waals surface area contributed by atoms with Crippen molar-refractivity contribution in [2.45, 2.75) is 33.2 Å². The quantitative estimate of drug-likeness (QED) is 0.450. The van der Waals surface area contributed by atoms with Gasteiger partial charge < -0.3 is 10.1 Å². The van der Waals surface area contributed by atoms with Crippen molar-refractivity contribution in [3.05, 3.63) is 35.9 Å². The summed E-state index contributed by atoms with van der Waals surface area (Å²) in [6.45, 7) is 5.79. The summed E-state index contributed by atoms with van der Waals surface area (Å²) < 4.78 is 4.91. The first-order valence-electron chi connectivity index (χ1n) is 8.19. The summed E-state index contributed by atoms with van der Waals surface area (Å²) in [4.78, 5) is 28.6. The Labute approximate surface area is 148 Å². The molecule has 2 amide bonds. The van der Waals surface area contributed by atoms with Crippen LogP contribution in [0.25, 0.3) is 0 Å². The molecule has 0 bridgehead atoms. The first-order valence-corrected chi connectivity index (χ1v) is 8.19. The highest BCUT2D eigenvalue weighted by Gasteiger charge is 2.21. The van der Waals surface area contributed by atoms with Gasteiger partial charge >= 0.3 is 6.09 Å². The van der Waals surface area contributed by atoms with Crippen molar-refractivity contribution in [1.29, 1.82) is 5.26 Å². The predicted molar refractivity (Wildman–Crippen MR) is 95.0 cm³/mol.